The van der Waals surface area contributed by atoms with Gasteiger partial charge in [0, 0.05) is 31.7 Å². The number of piperazine rings is 1. The van der Waals surface area contributed by atoms with Crippen LogP contribution in [0.25, 0.3) is 0 Å². The zero-order valence-corrected chi connectivity index (χ0v) is 12.6. The van der Waals surface area contributed by atoms with E-state index in [0.717, 1.165) is 32.0 Å². The molecular weight excluding hydrogens is 236 g/mol. The van der Waals surface area contributed by atoms with E-state index >= 15 is 0 Å². The van der Waals surface area contributed by atoms with Crippen molar-refractivity contribution >= 4 is 0 Å². The highest BCUT2D eigenvalue weighted by Crippen LogP contribution is 2.19. The fourth-order valence-corrected chi connectivity index (χ4v) is 2.77. The number of ether oxygens (including phenoxy) is 1. The molecule has 1 saturated heterocycles. The van der Waals surface area contributed by atoms with Crippen molar-refractivity contribution in [2.24, 2.45) is 0 Å². The second kappa shape index (κ2) is 6.40. The van der Waals surface area contributed by atoms with Gasteiger partial charge in [0.05, 0.1) is 0 Å². The zero-order valence-electron chi connectivity index (χ0n) is 12.6. The number of rotatable bonds is 4. The molecule has 1 aromatic carbocycles. The monoisotopic (exact) mass is 262 g/mol. The van der Waals surface area contributed by atoms with Crippen molar-refractivity contribution in [1.29, 1.82) is 0 Å². The van der Waals surface area contributed by atoms with Crippen LogP contribution in [0, 0.1) is 13.8 Å². The van der Waals surface area contributed by atoms with Crippen LogP contribution in [0.2, 0.25) is 0 Å². The summed E-state index contributed by atoms with van der Waals surface area (Å²) in [5.74, 6) is 1.02. The minimum absolute atomic E-state index is 0.574. The van der Waals surface area contributed by atoms with Crippen LogP contribution in [0.15, 0.2) is 18.2 Å². The van der Waals surface area contributed by atoms with Crippen LogP contribution >= 0.6 is 0 Å². The molecule has 0 radical (unpaired) electrons. The maximum Gasteiger partial charge on any atom is 0.122 e. The molecule has 1 aliphatic rings. The van der Waals surface area contributed by atoms with Gasteiger partial charge in [-0.05, 0) is 44.9 Å². The molecule has 1 heterocycles. The quantitative estimate of drug-likeness (QED) is 0.901. The summed E-state index contributed by atoms with van der Waals surface area (Å²) in [4.78, 5) is 2.48. The summed E-state index contributed by atoms with van der Waals surface area (Å²) >= 11 is 0. The maximum atomic E-state index is 5.93. The van der Waals surface area contributed by atoms with Gasteiger partial charge in [-0.15, -0.1) is 0 Å². The average Bonchev–Trinajstić information content (AvgIpc) is 2.32. The molecule has 1 fully saturated rings. The van der Waals surface area contributed by atoms with E-state index < -0.39 is 0 Å². The minimum Gasteiger partial charge on any atom is -0.492 e. The molecule has 0 amide bonds. The summed E-state index contributed by atoms with van der Waals surface area (Å²) < 4.78 is 5.93. The lowest BCUT2D eigenvalue weighted by molar-refractivity contribution is 0.146. The summed E-state index contributed by atoms with van der Waals surface area (Å²) in [5, 5.41) is 3.55. The fraction of sp³-hybridized carbons (Fsp3) is 0.625. The standard InChI is InChI=1S/C16H26N2O/c1-12-5-6-13(2)16(9-12)19-8-7-18-10-14(3)17-15(4)11-18/h5-6,9,14-15,17H,7-8,10-11H2,1-4H3. The molecule has 19 heavy (non-hydrogen) atoms. The predicted molar refractivity (Wildman–Crippen MR) is 79.9 cm³/mol. The van der Waals surface area contributed by atoms with Crippen LogP contribution in [0.5, 0.6) is 5.75 Å². The molecular formula is C16H26N2O. The Kier molecular flexibility index (Phi) is 4.83. The molecule has 0 bridgehead atoms. The van der Waals surface area contributed by atoms with Gasteiger partial charge >= 0.3 is 0 Å². The molecule has 0 aromatic heterocycles. The Bertz CT molecular complexity index is 409. The lowest BCUT2D eigenvalue weighted by Gasteiger charge is -2.36. The van der Waals surface area contributed by atoms with Gasteiger partial charge in [0.25, 0.3) is 0 Å². The van der Waals surface area contributed by atoms with E-state index in [1.807, 2.05) is 0 Å². The number of hydrogen-bond donors (Lipinski definition) is 1. The molecule has 0 spiro atoms. The molecule has 1 N–H and O–H groups in total. The highest BCUT2D eigenvalue weighted by Gasteiger charge is 2.20. The van der Waals surface area contributed by atoms with E-state index in [-0.39, 0.29) is 0 Å². The average molecular weight is 262 g/mol. The van der Waals surface area contributed by atoms with Gasteiger partial charge in [-0.3, -0.25) is 4.90 Å². The van der Waals surface area contributed by atoms with Gasteiger partial charge in [0.1, 0.15) is 12.4 Å². The molecule has 1 aliphatic heterocycles. The van der Waals surface area contributed by atoms with Crippen LogP contribution in [-0.4, -0.2) is 43.2 Å². The molecule has 2 unspecified atom stereocenters. The second-order valence-electron chi connectivity index (χ2n) is 5.85. The van der Waals surface area contributed by atoms with Crippen LogP contribution in [0.4, 0.5) is 0 Å². The predicted octanol–water partition coefficient (Wildman–Crippen LogP) is 2.36. The minimum atomic E-state index is 0.574. The van der Waals surface area contributed by atoms with Crippen LogP contribution in [0.1, 0.15) is 25.0 Å². The molecule has 106 valence electrons. The lowest BCUT2D eigenvalue weighted by atomic mass is 10.1. The fourth-order valence-electron chi connectivity index (χ4n) is 2.77. The highest BCUT2D eigenvalue weighted by molar-refractivity contribution is 5.35. The number of benzene rings is 1. The van der Waals surface area contributed by atoms with Gasteiger partial charge < -0.3 is 10.1 Å². The van der Waals surface area contributed by atoms with E-state index in [1.165, 1.54) is 11.1 Å². The van der Waals surface area contributed by atoms with E-state index in [9.17, 15) is 0 Å². The number of nitrogens with zero attached hydrogens (tertiary/aromatic N) is 1. The lowest BCUT2D eigenvalue weighted by Crippen LogP contribution is -2.54. The third-order valence-corrected chi connectivity index (χ3v) is 3.64. The van der Waals surface area contributed by atoms with Crippen LogP contribution < -0.4 is 10.1 Å². The first-order chi connectivity index (χ1) is 9.04. The Balaban J connectivity index is 1.81. The maximum absolute atomic E-state index is 5.93. The van der Waals surface area contributed by atoms with Crippen molar-refractivity contribution in [3.63, 3.8) is 0 Å². The van der Waals surface area contributed by atoms with Crippen molar-refractivity contribution in [3.8, 4) is 5.75 Å². The Hall–Kier alpha value is -1.06. The van der Waals surface area contributed by atoms with Gasteiger partial charge in [-0.25, -0.2) is 0 Å². The van der Waals surface area contributed by atoms with Gasteiger partial charge in [0.2, 0.25) is 0 Å². The number of nitrogens with one attached hydrogen (secondary N) is 1. The summed E-state index contributed by atoms with van der Waals surface area (Å²) in [5.41, 5.74) is 2.47. The smallest absolute Gasteiger partial charge is 0.122 e. The van der Waals surface area contributed by atoms with Crippen molar-refractivity contribution in [1.82, 2.24) is 10.2 Å². The largest absolute Gasteiger partial charge is 0.492 e. The Morgan fingerprint density at radius 1 is 1.21 bits per heavy atom. The summed E-state index contributed by atoms with van der Waals surface area (Å²) in [6, 6.07) is 7.52. The molecule has 2 atom stereocenters. The van der Waals surface area contributed by atoms with E-state index in [0.29, 0.717) is 12.1 Å². The van der Waals surface area contributed by atoms with Crippen molar-refractivity contribution in [2.75, 3.05) is 26.2 Å². The molecule has 0 aliphatic carbocycles. The normalized spacial score (nSPS) is 24.4. The Labute approximate surface area is 116 Å². The Morgan fingerprint density at radius 2 is 1.89 bits per heavy atom. The molecule has 1 aromatic rings. The van der Waals surface area contributed by atoms with Gasteiger partial charge in [-0.1, -0.05) is 12.1 Å². The third kappa shape index (κ3) is 4.22. The first kappa shape index (κ1) is 14.4. The molecule has 0 saturated carbocycles. The van der Waals surface area contributed by atoms with Crippen molar-refractivity contribution in [2.45, 2.75) is 39.8 Å². The molecule has 3 nitrogen and oxygen atoms in total. The van der Waals surface area contributed by atoms with Gasteiger partial charge in [0.15, 0.2) is 0 Å². The molecule has 2 rings (SSSR count). The van der Waals surface area contributed by atoms with E-state index in [2.05, 4.69) is 56.1 Å². The van der Waals surface area contributed by atoms with Crippen LogP contribution in [0.3, 0.4) is 0 Å². The number of hydrogen-bond acceptors (Lipinski definition) is 3. The third-order valence-electron chi connectivity index (χ3n) is 3.64. The summed E-state index contributed by atoms with van der Waals surface area (Å²) in [6.45, 7) is 12.7. The number of aryl methyl sites for hydroxylation is 2. The topological polar surface area (TPSA) is 24.5 Å². The zero-order chi connectivity index (χ0) is 13.8. The summed E-state index contributed by atoms with van der Waals surface area (Å²) in [7, 11) is 0. The highest BCUT2D eigenvalue weighted by atomic mass is 16.5. The van der Waals surface area contributed by atoms with Crippen molar-refractivity contribution in [3.05, 3.63) is 29.3 Å². The Morgan fingerprint density at radius 3 is 2.58 bits per heavy atom. The summed E-state index contributed by atoms with van der Waals surface area (Å²) in [6.07, 6.45) is 0. The van der Waals surface area contributed by atoms with Crippen molar-refractivity contribution < 1.29 is 4.74 Å². The van der Waals surface area contributed by atoms with E-state index in [4.69, 9.17) is 4.74 Å². The van der Waals surface area contributed by atoms with Gasteiger partial charge in [-0.2, -0.15) is 0 Å². The first-order valence-electron chi connectivity index (χ1n) is 7.23. The SMILES string of the molecule is Cc1ccc(C)c(OCCN2CC(C)NC(C)C2)c1. The molecule has 3 heteroatoms. The first-order valence-corrected chi connectivity index (χ1v) is 7.23. The second-order valence-corrected chi connectivity index (χ2v) is 5.85. The van der Waals surface area contributed by atoms with E-state index in [1.54, 1.807) is 0 Å². The van der Waals surface area contributed by atoms with Crippen LogP contribution in [-0.2, 0) is 0 Å².